The summed E-state index contributed by atoms with van der Waals surface area (Å²) in [6.07, 6.45) is 3.23. The molecule has 0 unspecified atom stereocenters. The highest BCUT2D eigenvalue weighted by molar-refractivity contribution is 6.31. The maximum Gasteiger partial charge on any atom is 0.272 e. The second-order valence-electron chi connectivity index (χ2n) is 3.76. The Labute approximate surface area is 110 Å². The summed E-state index contributed by atoms with van der Waals surface area (Å²) in [5, 5.41) is 3.28. The van der Waals surface area contributed by atoms with E-state index in [-0.39, 0.29) is 5.91 Å². The molecule has 0 radical (unpaired) electrons. The molecule has 0 aliphatic heterocycles. The Morgan fingerprint density at radius 2 is 2.33 bits per heavy atom. The second kappa shape index (κ2) is 5.10. The van der Waals surface area contributed by atoms with Crippen LogP contribution in [0.1, 0.15) is 17.4 Å². The molecule has 0 bridgehead atoms. The van der Waals surface area contributed by atoms with Crippen molar-refractivity contribution in [3.63, 3.8) is 0 Å². The van der Waals surface area contributed by atoms with E-state index in [1.165, 1.54) is 6.20 Å². The van der Waals surface area contributed by atoms with Crippen LogP contribution in [-0.2, 0) is 6.54 Å². The summed E-state index contributed by atoms with van der Waals surface area (Å²) in [4.78, 5) is 15.9. The van der Waals surface area contributed by atoms with Gasteiger partial charge in [0.25, 0.3) is 5.91 Å². The number of carbonyl (C=O) groups is 1. The van der Waals surface area contributed by atoms with Gasteiger partial charge >= 0.3 is 0 Å². The number of carbonyl (C=O) groups excluding carboxylic acids is 1. The zero-order valence-electron chi connectivity index (χ0n) is 9.85. The lowest BCUT2D eigenvalue weighted by Crippen LogP contribution is -2.16. The molecule has 3 N–H and O–H groups in total. The average Bonchev–Trinajstić information content (AvgIpc) is 2.73. The van der Waals surface area contributed by atoms with Gasteiger partial charge in [0.05, 0.1) is 16.9 Å². The van der Waals surface area contributed by atoms with E-state index in [0.717, 1.165) is 0 Å². The Balaban J connectivity index is 2.19. The van der Waals surface area contributed by atoms with Crippen molar-refractivity contribution in [1.82, 2.24) is 9.55 Å². The molecule has 0 spiro atoms. The van der Waals surface area contributed by atoms with Crippen LogP contribution in [0.3, 0.4) is 0 Å². The van der Waals surface area contributed by atoms with Crippen LogP contribution in [0.25, 0.3) is 0 Å². The van der Waals surface area contributed by atoms with Crippen LogP contribution >= 0.6 is 11.6 Å². The first-order valence-corrected chi connectivity index (χ1v) is 5.86. The summed E-state index contributed by atoms with van der Waals surface area (Å²) in [7, 11) is 0. The highest BCUT2D eigenvalue weighted by Gasteiger charge is 2.12. The van der Waals surface area contributed by atoms with Crippen LogP contribution < -0.4 is 11.1 Å². The fourth-order valence-electron chi connectivity index (χ4n) is 1.60. The predicted molar refractivity (Wildman–Crippen MR) is 71.7 cm³/mol. The Bertz CT molecular complexity index is 562. The number of nitrogens with zero attached hydrogens (tertiary/aromatic N) is 2. The Morgan fingerprint density at radius 3 is 2.94 bits per heavy atom. The molecule has 0 saturated heterocycles. The summed E-state index contributed by atoms with van der Waals surface area (Å²) >= 11 is 5.88. The monoisotopic (exact) mass is 264 g/mol. The number of rotatable bonds is 3. The average molecular weight is 265 g/mol. The Morgan fingerprint density at radius 1 is 1.56 bits per heavy atom. The van der Waals surface area contributed by atoms with Crippen molar-refractivity contribution >= 4 is 29.0 Å². The lowest BCUT2D eigenvalue weighted by molar-refractivity contribution is 0.101. The number of hydrogen-bond donors (Lipinski definition) is 2. The van der Waals surface area contributed by atoms with Crippen molar-refractivity contribution in [2.45, 2.75) is 13.5 Å². The van der Waals surface area contributed by atoms with Gasteiger partial charge in [-0.25, -0.2) is 4.98 Å². The molecule has 2 rings (SSSR count). The molecule has 0 atom stereocenters. The normalized spacial score (nSPS) is 10.3. The number of hydrogen-bond acceptors (Lipinski definition) is 3. The van der Waals surface area contributed by atoms with E-state index in [1.807, 2.05) is 6.92 Å². The van der Waals surface area contributed by atoms with Crippen LogP contribution in [0.5, 0.6) is 0 Å². The van der Waals surface area contributed by atoms with Crippen LogP contribution in [0.4, 0.5) is 11.5 Å². The first-order valence-electron chi connectivity index (χ1n) is 5.48. The minimum Gasteiger partial charge on any atom is -0.384 e. The fourth-order valence-corrected chi connectivity index (χ4v) is 1.82. The summed E-state index contributed by atoms with van der Waals surface area (Å²) in [6.45, 7) is 2.62. The smallest absolute Gasteiger partial charge is 0.272 e. The topological polar surface area (TPSA) is 72.9 Å². The molecule has 18 heavy (non-hydrogen) atoms. The minimum atomic E-state index is -0.227. The molecule has 2 aromatic heterocycles. The highest BCUT2D eigenvalue weighted by atomic mass is 35.5. The number of nitrogens with two attached hydrogens (primary N) is 1. The van der Waals surface area contributed by atoms with Gasteiger partial charge < -0.3 is 15.6 Å². The van der Waals surface area contributed by atoms with Crippen LogP contribution in [0.2, 0.25) is 5.02 Å². The van der Waals surface area contributed by atoms with Gasteiger partial charge in [-0.05, 0) is 25.1 Å². The van der Waals surface area contributed by atoms with Gasteiger partial charge in [-0.2, -0.15) is 0 Å². The van der Waals surface area contributed by atoms with Gasteiger partial charge in [0, 0.05) is 12.7 Å². The van der Waals surface area contributed by atoms with Gasteiger partial charge in [-0.3, -0.25) is 4.79 Å². The fraction of sp³-hybridized carbons (Fsp3) is 0.167. The summed E-state index contributed by atoms with van der Waals surface area (Å²) in [5.74, 6) is 0.184. The molecule has 6 heteroatoms. The van der Waals surface area contributed by atoms with Gasteiger partial charge in [0.1, 0.15) is 11.5 Å². The first-order chi connectivity index (χ1) is 8.60. The van der Waals surface area contributed by atoms with E-state index in [0.29, 0.717) is 28.8 Å². The third-order valence-electron chi connectivity index (χ3n) is 2.48. The molecule has 0 fully saturated rings. The van der Waals surface area contributed by atoms with E-state index in [4.69, 9.17) is 17.3 Å². The summed E-state index contributed by atoms with van der Waals surface area (Å²) < 4.78 is 1.78. The molecule has 0 aliphatic rings. The van der Waals surface area contributed by atoms with Crippen LogP contribution in [-0.4, -0.2) is 15.5 Å². The maximum absolute atomic E-state index is 12.0. The first kappa shape index (κ1) is 12.4. The molecule has 0 aliphatic carbocycles. The van der Waals surface area contributed by atoms with E-state index in [1.54, 1.807) is 29.0 Å². The van der Waals surface area contributed by atoms with Crippen molar-refractivity contribution in [1.29, 1.82) is 0 Å². The van der Waals surface area contributed by atoms with E-state index in [2.05, 4.69) is 10.3 Å². The summed E-state index contributed by atoms with van der Waals surface area (Å²) in [5.41, 5.74) is 6.58. The zero-order valence-corrected chi connectivity index (χ0v) is 10.6. The van der Waals surface area contributed by atoms with E-state index in [9.17, 15) is 4.79 Å². The van der Waals surface area contributed by atoms with E-state index < -0.39 is 0 Å². The van der Waals surface area contributed by atoms with Crippen LogP contribution in [0.15, 0.2) is 30.6 Å². The lowest BCUT2D eigenvalue weighted by atomic mass is 10.3. The van der Waals surface area contributed by atoms with Crippen LogP contribution in [0, 0.1) is 0 Å². The highest BCUT2D eigenvalue weighted by Crippen LogP contribution is 2.16. The molecule has 2 aromatic rings. The number of halogens is 1. The quantitative estimate of drug-likeness (QED) is 0.894. The molecule has 0 saturated carbocycles. The standard InChI is InChI=1S/C12H13ClN4O/c1-2-17-7-8(13)5-10(17)12(18)16-9-3-4-11(14)15-6-9/h3-7H,2H2,1H3,(H2,14,15)(H,16,18). The molecule has 2 heterocycles. The third kappa shape index (κ3) is 2.62. The number of aromatic nitrogens is 2. The maximum atomic E-state index is 12.0. The van der Waals surface area contributed by atoms with E-state index >= 15 is 0 Å². The van der Waals surface area contributed by atoms with Gasteiger partial charge in [-0.15, -0.1) is 0 Å². The SMILES string of the molecule is CCn1cc(Cl)cc1C(=O)Nc1ccc(N)nc1. The summed E-state index contributed by atoms with van der Waals surface area (Å²) in [6, 6.07) is 4.95. The van der Waals surface area contributed by atoms with Gasteiger partial charge in [0.2, 0.25) is 0 Å². The number of nitrogen functional groups attached to an aromatic ring is 1. The van der Waals surface area contributed by atoms with Crippen molar-refractivity contribution in [2.24, 2.45) is 0 Å². The molecular weight excluding hydrogens is 252 g/mol. The lowest BCUT2D eigenvalue weighted by Gasteiger charge is -2.07. The molecule has 94 valence electrons. The zero-order chi connectivity index (χ0) is 13.1. The van der Waals surface area contributed by atoms with Crippen molar-refractivity contribution in [3.05, 3.63) is 41.3 Å². The number of nitrogens with one attached hydrogen (secondary N) is 1. The molecular formula is C12H13ClN4O. The van der Waals surface area contributed by atoms with Gasteiger partial charge in [0.15, 0.2) is 0 Å². The van der Waals surface area contributed by atoms with Gasteiger partial charge in [-0.1, -0.05) is 11.6 Å². The largest absolute Gasteiger partial charge is 0.384 e. The Kier molecular flexibility index (Phi) is 3.53. The molecule has 1 amide bonds. The third-order valence-corrected chi connectivity index (χ3v) is 2.69. The number of pyridine rings is 1. The van der Waals surface area contributed by atoms with Crippen molar-refractivity contribution in [2.75, 3.05) is 11.1 Å². The molecule has 0 aromatic carbocycles. The predicted octanol–water partition coefficient (Wildman–Crippen LogP) is 2.39. The van der Waals surface area contributed by atoms with Crippen molar-refractivity contribution < 1.29 is 4.79 Å². The second-order valence-corrected chi connectivity index (χ2v) is 4.19. The number of anilines is 2. The number of aryl methyl sites for hydroxylation is 1. The Hall–Kier alpha value is -2.01. The molecule has 5 nitrogen and oxygen atoms in total. The minimum absolute atomic E-state index is 0.227. The van der Waals surface area contributed by atoms with Crippen molar-refractivity contribution in [3.8, 4) is 0 Å². The number of amides is 1.